The van der Waals surface area contributed by atoms with Crippen LogP contribution in [0.1, 0.15) is 77.8 Å². The third kappa shape index (κ3) is 11.6. The molecule has 0 saturated heterocycles. The van der Waals surface area contributed by atoms with E-state index >= 15 is 0 Å². The van der Waals surface area contributed by atoms with Crippen molar-refractivity contribution >= 4 is 41.2 Å². The lowest BCUT2D eigenvalue weighted by molar-refractivity contribution is -0.528. The molecule has 1 aliphatic rings. The number of anilines is 1. The molecule has 0 saturated carbocycles. The smallest absolute Gasteiger partial charge is 0.199 e. The molecule has 0 bridgehead atoms. The van der Waals surface area contributed by atoms with Crippen molar-refractivity contribution in [3.8, 4) is 0 Å². The number of aliphatic hydroxyl groups is 1. The lowest BCUT2D eigenvalue weighted by atomic mass is 9.90. The third-order valence-corrected chi connectivity index (χ3v) is 8.37. The summed E-state index contributed by atoms with van der Waals surface area (Å²) in [6.07, 6.45) is 13.8. The van der Waals surface area contributed by atoms with E-state index in [1.54, 1.807) is 0 Å². The molecule has 1 N–H and O–H groups in total. The van der Waals surface area contributed by atoms with E-state index in [1.165, 1.54) is 11.4 Å². The average molecular weight is 624 g/mol. The van der Waals surface area contributed by atoms with Crippen LogP contribution in [0, 0.1) is 0 Å². The van der Waals surface area contributed by atoms with Crippen molar-refractivity contribution < 1.29 is 14.4 Å². The predicted octanol–water partition coefficient (Wildman–Crippen LogP) is 8.62. The lowest BCUT2D eigenvalue weighted by Crippen LogP contribution is -2.27. The largest absolute Gasteiger partial charge is 0.393 e. The Kier molecular flexibility index (Phi) is 15.1. The van der Waals surface area contributed by atoms with Crippen molar-refractivity contribution in [2.24, 2.45) is 0 Å². The molecule has 3 rings (SSSR count). The highest BCUT2D eigenvalue weighted by Gasteiger charge is 2.17. The van der Waals surface area contributed by atoms with E-state index < -0.39 is 0 Å². The molecular formula is C37H52ClN2O2S+. The zero-order valence-corrected chi connectivity index (χ0v) is 28.5. The van der Waals surface area contributed by atoms with Gasteiger partial charge in [-0.3, -0.25) is 0 Å². The summed E-state index contributed by atoms with van der Waals surface area (Å²) in [7, 11) is 0. The number of unbranched alkanes of at least 4 members (excludes halogenated alkanes) is 1. The number of halogens is 1. The van der Waals surface area contributed by atoms with Crippen molar-refractivity contribution in [2.75, 3.05) is 37.7 Å². The highest BCUT2D eigenvalue weighted by molar-refractivity contribution is 7.80. The minimum Gasteiger partial charge on any atom is -0.393 e. The third-order valence-electron chi connectivity index (χ3n) is 7.88. The van der Waals surface area contributed by atoms with Gasteiger partial charge in [-0.15, -0.1) is 0 Å². The molecule has 43 heavy (non-hydrogen) atoms. The zero-order chi connectivity index (χ0) is 31.2. The number of nitrogens with zero attached hydrogens (tertiary/aromatic N) is 2. The van der Waals surface area contributed by atoms with Crippen molar-refractivity contribution in [3.05, 3.63) is 94.6 Å². The molecular weight excluding hydrogens is 572 g/mol. The molecule has 6 heteroatoms. The quantitative estimate of drug-likeness (QED) is 0.137. The second-order valence-electron chi connectivity index (χ2n) is 11.6. The van der Waals surface area contributed by atoms with Gasteiger partial charge in [0.2, 0.25) is 0 Å². The molecule has 234 valence electrons. The Balaban J connectivity index is 1.87. The normalized spacial score (nSPS) is 15.0. The van der Waals surface area contributed by atoms with Crippen LogP contribution in [0.5, 0.6) is 0 Å². The standard InChI is InChI=1S/C37H51ClN2O2S/c1-6-8-23-40(24-20-28(3)41)36-18-14-32(15-19-36)37(33-10-9-11-34(38)27-33)31-12-16-35(17-13-31)39(7-2)25-21-29(4)42-26-22-30(5)43/h9-19,27-30,41H,6-8,20-26H2,1-5H3/p+1. The minimum absolute atomic E-state index is 0.219. The Morgan fingerprint density at radius 2 is 1.65 bits per heavy atom. The molecule has 0 heterocycles. The van der Waals surface area contributed by atoms with E-state index in [-0.39, 0.29) is 12.2 Å². The van der Waals surface area contributed by atoms with Gasteiger partial charge in [0.1, 0.15) is 13.1 Å². The number of hydrogen-bond donors (Lipinski definition) is 2. The van der Waals surface area contributed by atoms with Gasteiger partial charge < -0.3 is 14.7 Å². The first kappa shape index (κ1) is 35.2. The summed E-state index contributed by atoms with van der Waals surface area (Å²) < 4.78 is 8.39. The van der Waals surface area contributed by atoms with Gasteiger partial charge in [-0.1, -0.05) is 56.1 Å². The molecule has 3 unspecified atom stereocenters. The highest BCUT2D eigenvalue weighted by Crippen LogP contribution is 2.32. The monoisotopic (exact) mass is 623 g/mol. The van der Waals surface area contributed by atoms with Crippen molar-refractivity contribution in [1.82, 2.24) is 0 Å². The van der Waals surface area contributed by atoms with E-state index in [9.17, 15) is 5.11 Å². The van der Waals surface area contributed by atoms with E-state index in [4.69, 9.17) is 16.3 Å². The number of rotatable bonds is 17. The van der Waals surface area contributed by atoms with Crippen molar-refractivity contribution in [2.45, 2.75) is 84.2 Å². The summed E-state index contributed by atoms with van der Waals surface area (Å²) in [6, 6.07) is 17.0. The molecule has 1 aliphatic carbocycles. The van der Waals surface area contributed by atoms with Crippen LogP contribution in [-0.4, -0.2) is 65.6 Å². The molecule has 0 spiro atoms. The molecule has 2 aromatic carbocycles. The summed E-state index contributed by atoms with van der Waals surface area (Å²) in [5.41, 5.74) is 6.97. The van der Waals surface area contributed by atoms with Crippen LogP contribution >= 0.6 is 24.2 Å². The van der Waals surface area contributed by atoms with E-state index in [1.807, 2.05) is 25.1 Å². The van der Waals surface area contributed by atoms with Gasteiger partial charge in [0.05, 0.1) is 12.2 Å². The Hall–Kier alpha value is -2.31. The van der Waals surface area contributed by atoms with Crippen LogP contribution in [0.4, 0.5) is 5.69 Å². The van der Waals surface area contributed by atoms with Gasteiger partial charge in [-0.2, -0.15) is 12.6 Å². The van der Waals surface area contributed by atoms with Gasteiger partial charge in [-0.05, 0) is 92.3 Å². The predicted molar refractivity (Wildman–Crippen MR) is 189 cm³/mol. The highest BCUT2D eigenvalue weighted by atomic mass is 35.5. The van der Waals surface area contributed by atoms with Crippen molar-refractivity contribution in [3.63, 3.8) is 0 Å². The molecule has 4 nitrogen and oxygen atoms in total. The summed E-state index contributed by atoms with van der Waals surface area (Å²) in [6.45, 7) is 15.0. The maximum absolute atomic E-state index is 9.88. The molecule has 0 fully saturated rings. The maximum atomic E-state index is 9.88. The zero-order valence-electron chi connectivity index (χ0n) is 26.8. The fourth-order valence-corrected chi connectivity index (χ4v) is 5.51. The summed E-state index contributed by atoms with van der Waals surface area (Å²) >= 11 is 10.9. The van der Waals surface area contributed by atoms with Crippen LogP contribution in [0.25, 0.3) is 5.57 Å². The topological polar surface area (TPSA) is 35.7 Å². The average Bonchev–Trinajstić information content (AvgIpc) is 2.98. The Morgan fingerprint density at radius 3 is 2.26 bits per heavy atom. The summed E-state index contributed by atoms with van der Waals surface area (Å²) in [5.74, 6) is 0. The van der Waals surface area contributed by atoms with Gasteiger partial charge in [0.25, 0.3) is 0 Å². The number of thiol groups is 1. The van der Waals surface area contributed by atoms with Gasteiger partial charge in [-0.25, -0.2) is 4.58 Å². The molecule has 0 aromatic heterocycles. The number of hydrogen-bond acceptors (Lipinski definition) is 4. The van der Waals surface area contributed by atoms with Crippen LogP contribution in [0.3, 0.4) is 0 Å². The maximum Gasteiger partial charge on any atom is 0.199 e. The number of allylic oxidation sites excluding steroid dienone is 5. The lowest BCUT2D eigenvalue weighted by Gasteiger charge is -2.25. The Labute approximate surface area is 271 Å². The molecule has 0 aliphatic heterocycles. The number of aliphatic hydroxyl groups excluding tert-OH is 1. The molecule has 2 aromatic rings. The van der Waals surface area contributed by atoms with E-state index in [2.05, 4.69) is 104 Å². The van der Waals surface area contributed by atoms with Gasteiger partial charge in [0, 0.05) is 60.7 Å². The molecule has 3 atom stereocenters. The first-order valence-electron chi connectivity index (χ1n) is 16.0. The fourth-order valence-electron chi connectivity index (χ4n) is 5.21. The molecule has 0 amide bonds. The van der Waals surface area contributed by atoms with Crippen LogP contribution in [0.2, 0.25) is 5.02 Å². The Morgan fingerprint density at radius 1 is 0.930 bits per heavy atom. The van der Waals surface area contributed by atoms with Crippen LogP contribution in [0.15, 0.2) is 78.4 Å². The first-order valence-corrected chi connectivity index (χ1v) is 16.9. The molecule has 0 radical (unpaired) electrons. The van der Waals surface area contributed by atoms with Gasteiger partial charge >= 0.3 is 0 Å². The van der Waals surface area contributed by atoms with Crippen LogP contribution in [-0.2, 0) is 4.74 Å². The van der Waals surface area contributed by atoms with E-state index in [0.29, 0.717) is 5.25 Å². The first-order chi connectivity index (χ1) is 20.7. The number of ether oxygens (including phenoxy) is 1. The van der Waals surface area contributed by atoms with Crippen molar-refractivity contribution in [1.29, 1.82) is 0 Å². The SMILES string of the molecule is CCCC[N+](CCC(C)O)=C1C=CC(=C(c2ccc(N(CC)CCC(C)OCCC(C)S)cc2)c2cccc(Cl)c2)C=C1. The minimum atomic E-state index is -0.304. The Bertz CT molecular complexity index is 1250. The fraction of sp³-hybridized carbons (Fsp3) is 0.486. The second kappa shape index (κ2) is 18.5. The second-order valence-corrected chi connectivity index (χ2v) is 13.0. The summed E-state index contributed by atoms with van der Waals surface area (Å²) in [4.78, 5) is 2.41. The van der Waals surface area contributed by atoms with E-state index in [0.717, 1.165) is 92.2 Å². The van der Waals surface area contributed by atoms with Crippen LogP contribution < -0.4 is 4.90 Å². The van der Waals surface area contributed by atoms with Gasteiger partial charge in [0.15, 0.2) is 5.71 Å². The number of benzene rings is 2. The summed E-state index contributed by atoms with van der Waals surface area (Å²) in [5, 5.41) is 11.0.